The van der Waals surface area contributed by atoms with Crippen LogP contribution in [0.25, 0.3) is 0 Å². The number of nitrogen functional groups attached to an aromatic ring is 1. The number of carbonyl (C=O) groups is 3. The van der Waals surface area contributed by atoms with E-state index < -0.39 is 40.3 Å². The van der Waals surface area contributed by atoms with Gasteiger partial charge in [0.25, 0.3) is 0 Å². The first kappa shape index (κ1) is 25.7. The summed E-state index contributed by atoms with van der Waals surface area (Å²) < 4.78 is 1.62. The molecule has 36 heavy (non-hydrogen) atoms. The maximum absolute atomic E-state index is 12.9. The van der Waals surface area contributed by atoms with Gasteiger partial charge in [-0.3, -0.25) is 19.4 Å². The number of amides is 2. The van der Waals surface area contributed by atoms with Crippen molar-refractivity contribution in [3.8, 4) is 0 Å². The van der Waals surface area contributed by atoms with Crippen LogP contribution in [0.1, 0.15) is 5.69 Å². The summed E-state index contributed by atoms with van der Waals surface area (Å²) in [6.45, 7) is 0. The molecule has 4 rings (SSSR count). The van der Waals surface area contributed by atoms with E-state index in [1.165, 1.54) is 30.6 Å². The third kappa shape index (κ3) is 4.84. The predicted molar refractivity (Wildman–Crippen MR) is 130 cm³/mol. The van der Waals surface area contributed by atoms with Crippen molar-refractivity contribution in [1.29, 1.82) is 0 Å². The fraction of sp³-hybridized carbons (Fsp3) is 0.333. The topological polar surface area (TPSA) is 215 Å². The molecule has 15 nitrogen and oxygen atoms in total. The molecule has 4 heterocycles. The number of anilines is 1. The van der Waals surface area contributed by atoms with Crippen LogP contribution in [-0.2, 0) is 26.3 Å². The Morgan fingerprint density at radius 2 is 2.17 bits per heavy atom. The van der Waals surface area contributed by atoms with Crippen LogP contribution < -0.4 is 22.2 Å². The Bertz CT molecular complexity index is 1430. The molecule has 2 atom stereocenters. The molecule has 18 heteroatoms. The van der Waals surface area contributed by atoms with Crippen LogP contribution in [0, 0.1) is 0 Å². The summed E-state index contributed by atoms with van der Waals surface area (Å²) in [4.78, 5) is 76.0. The van der Waals surface area contributed by atoms with Gasteiger partial charge in [0.2, 0.25) is 0 Å². The first-order chi connectivity index (χ1) is 17.1. The fourth-order valence-corrected chi connectivity index (χ4v) is 6.99. The molecule has 0 unspecified atom stereocenters. The molecule has 1 saturated heterocycles. The quantitative estimate of drug-likeness (QED) is 0.0611. The number of aromatic nitrogens is 4. The van der Waals surface area contributed by atoms with Crippen molar-refractivity contribution in [2.75, 3.05) is 24.3 Å². The number of β-lactam (4-membered cyclic amide) rings is 1. The van der Waals surface area contributed by atoms with Crippen LogP contribution in [0.5, 0.6) is 0 Å². The standard InChI is InChI=1S/C18H18N8O7S2Se/c1-25-18(22-12(28)13(29)23-25)35-4-6-3-34-15-9(14(30)26(15)10(6)16(31)32)21-11(27)8(24-33-2)7-5-36-17(19)20-7/h5,9,15H,3-4H2,1-2H3,(H2,19,20)(H,21,27)(H,23,29)(H,31,32)/t9-,15-/m1/s1. The number of nitrogens with one attached hydrogen (secondary N) is 2. The van der Waals surface area contributed by atoms with Crippen LogP contribution in [-0.4, -0.2) is 97.8 Å². The zero-order chi connectivity index (χ0) is 26.1. The number of rotatable bonds is 8. The van der Waals surface area contributed by atoms with E-state index in [9.17, 15) is 29.1 Å². The van der Waals surface area contributed by atoms with Crippen LogP contribution in [0.3, 0.4) is 0 Å². The van der Waals surface area contributed by atoms with E-state index in [0.29, 0.717) is 10.3 Å². The first-order valence-corrected chi connectivity index (χ1v) is 13.8. The van der Waals surface area contributed by atoms with Gasteiger partial charge < -0.3 is 0 Å². The summed E-state index contributed by atoms with van der Waals surface area (Å²) in [5, 5.41) is 18.0. The molecule has 2 aromatic rings. The zero-order valence-electron chi connectivity index (χ0n) is 18.6. The number of oxime groups is 1. The van der Waals surface area contributed by atoms with Crippen molar-refractivity contribution in [3.63, 3.8) is 0 Å². The fourth-order valence-electron chi connectivity index (χ4n) is 3.44. The number of fused-ring (bicyclic) bond motifs is 1. The maximum atomic E-state index is 12.9. The van der Waals surface area contributed by atoms with Gasteiger partial charge in [-0.2, -0.15) is 4.98 Å². The van der Waals surface area contributed by atoms with E-state index in [4.69, 9.17) is 10.6 Å². The monoisotopic (exact) mass is 602 g/mol. The Kier molecular flexibility index (Phi) is 7.39. The summed E-state index contributed by atoms with van der Waals surface area (Å²) in [6.07, 6.45) is 0. The summed E-state index contributed by atoms with van der Waals surface area (Å²) in [5.41, 5.74) is 4.18. The molecular formula is C18H18N8O7S2Se. The van der Waals surface area contributed by atoms with Gasteiger partial charge in [-0.05, 0) is 0 Å². The Balaban J connectivity index is 1.51. The van der Waals surface area contributed by atoms with E-state index in [0.717, 1.165) is 16.7 Å². The number of carbonyl (C=O) groups excluding carboxylic acids is 2. The molecule has 0 radical (unpaired) electrons. The van der Waals surface area contributed by atoms with Crippen LogP contribution in [0.15, 0.2) is 36.1 Å². The van der Waals surface area contributed by atoms with E-state index >= 15 is 0 Å². The number of aromatic amines is 1. The van der Waals surface area contributed by atoms with Gasteiger partial charge in [0.15, 0.2) is 5.16 Å². The molecule has 1 fully saturated rings. The molecule has 2 amide bonds. The molecule has 0 aliphatic carbocycles. The van der Waals surface area contributed by atoms with Gasteiger partial charge in [0, 0.05) is 7.05 Å². The average Bonchev–Trinajstić information content (AvgIpc) is 3.27. The van der Waals surface area contributed by atoms with E-state index in [2.05, 4.69) is 25.5 Å². The van der Waals surface area contributed by atoms with Crippen molar-refractivity contribution < 1.29 is 24.3 Å². The molecule has 0 spiro atoms. The summed E-state index contributed by atoms with van der Waals surface area (Å²) in [5.74, 6) is -2.25. The second-order valence-electron chi connectivity index (χ2n) is 7.30. The minimum atomic E-state index is -1.30. The molecule has 0 bridgehead atoms. The number of carboxylic acids is 1. The summed E-state index contributed by atoms with van der Waals surface area (Å²) in [6, 6.07) is -0.983. The second-order valence-corrected chi connectivity index (χ2v) is 11.2. The van der Waals surface area contributed by atoms with Crippen LogP contribution >= 0.6 is 23.5 Å². The third-order valence-electron chi connectivity index (χ3n) is 5.02. The van der Waals surface area contributed by atoms with Crippen molar-refractivity contribution in [2.24, 2.45) is 12.2 Å². The first-order valence-electron chi connectivity index (χ1n) is 9.96. The number of carboxylic acid groups (broad SMARTS) is 1. The third-order valence-corrected chi connectivity index (χ3v) is 8.89. The van der Waals surface area contributed by atoms with E-state index in [-0.39, 0.29) is 48.3 Å². The van der Waals surface area contributed by atoms with Gasteiger partial charge in [-0.25, -0.2) is 0 Å². The van der Waals surface area contributed by atoms with Crippen molar-refractivity contribution in [1.82, 2.24) is 30.0 Å². The van der Waals surface area contributed by atoms with Gasteiger partial charge in [-0.15, -0.1) is 0 Å². The van der Waals surface area contributed by atoms with Gasteiger partial charge in [0.05, 0.1) is 0 Å². The number of nitrogens with two attached hydrogens (primary N) is 1. The minimum absolute atomic E-state index is 0.106. The van der Waals surface area contributed by atoms with E-state index in [1.807, 2.05) is 0 Å². The van der Waals surface area contributed by atoms with Gasteiger partial charge in [0.1, 0.15) is 0 Å². The van der Waals surface area contributed by atoms with Crippen molar-refractivity contribution in [2.45, 2.75) is 16.6 Å². The van der Waals surface area contributed by atoms with Gasteiger partial charge in [-0.1, -0.05) is 0 Å². The summed E-state index contributed by atoms with van der Waals surface area (Å²) in [7, 11) is 2.75. The number of aryl methyl sites for hydroxylation is 1. The molecule has 0 saturated carbocycles. The van der Waals surface area contributed by atoms with E-state index in [1.54, 1.807) is 4.94 Å². The Morgan fingerprint density at radius 3 is 2.81 bits per heavy atom. The molecule has 2 aromatic heterocycles. The second kappa shape index (κ2) is 10.3. The SMILES string of the molecule is CON=C(C(=O)N[C@@H]1C(=O)N2C(C(=O)O)=C(CSc3nc(=O)c(=O)[nH]n3C)CS[C@H]12)c1c[se]c(N)n1. The number of aliphatic carboxylic acids is 1. The number of H-pyrrole nitrogens is 1. The van der Waals surface area contributed by atoms with Crippen molar-refractivity contribution in [3.05, 3.63) is 42.6 Å². The zero-order valence-corrected chi connectivity index (χ0v) is 21.9. The van der Waals surface area contributed by atoms with Gasteiger partial charge >= 0.3 is 180 Å². The number of thioether (sulfide) groups is 2. The Morgan fingerprint density at radius 1 is 1.42 bits per heavy atom. The summed E-state index contributed by atoms with van der Waals surface area (Å²) >= 11 is 2.10. The molecular weight excluding hydrogens is 583 g/mol. The number of hydrogen-bond donors (Lipinski definition) is 4. The molecule has 5 N–H and O–H groups in total. The Labute approximate surface area is 215 Å². The van der Waals surface area contributed by atoms with Crippen molar-refractivity contribution >= 4 is 66.2 Å². The molecule has 2 aliphatic heterocycles. The molecule has 190 valence electrons. The molecule has 2 aliphatic rings. The van der Waals surface area contributed by atoms with Crippen LogP contribution in [0.2, 0.25) is 0 Å². The normalized spacial score (nSPS) is 19.6. The van der Waals surface area contributed by atoms with Crippen LogP contribution in [0.4, 0.5) is 4.69 Å². The molecule has 0 aromatic carbocycles. The predicted octanol–water partition coefficient (Wildman–Crippen LogP) is -2.62. The average molecular weight is 601 g/mol. The number of hydrogen-bond acceptors (Lipinski definition) is 12. The number of nitrogens with zero attached hydrogens (tertiary/aromatic N) is 5. The Hall–Kier alpha value is -3.34.